The van der Waals surface area contributed by atoms with Crippen LogP contribution in [0.15, 0.2) is 42.0 Å². The molecule has 0 radical (unpaired) electrons. The highest BCUT2D eigenvalue weighted by Crippen LogP contribution is 2.35. The first-order valence-corrected chi connectivity index (χ1v) is 6.53. The summed E-state index contributed by atoms with van der Waals surface area (Å²) in [4.78, 5) is 12.4. The number of Topliss-reactive ketones (excluding diaryl/α,β-unsaturated/α-hetero) is 1. The number of carbonyl (C=O) groups excluding carboxylic acids is 1. The van der Waals surface area contributed by atoms with Gasteiger partial charge in [-0.25, -0.2) is 0 Å². The van der Waals surface area contributed by atoms with Crippen molar-refractivity contribution in [2.24, 2.45) is 0 Å². The molecule has 1 aliphatic rings. The van der Waals surface area contributed by atoms with Gasteiger partial charge in [-0.3, -0.25) is 4.79 Å². The van der Waals surface area contributed by atoms with Gasteiger partial charge in [0.1, 0.15) is 5.75 Å². The number of rotatable bonds is 2. The zero-order valence-corrected chi connectivity index (χ0v) is 11.5. The van der Waals surface area contributed by atoms with E-state index in [0.29, 0.717) is 28.9 Å². The van der Waals surface area contributed by atoms with Gasteiger partial charge in [-0.15, -0.1) is 0 Å². The Morgan fingerprint density at radius 3 is 2.67 bits per heavy atom. The summed E-state index contributed by atoms with van der Waals surface area (Å²) in [7, 11) is 1.58. The second-order valence-corrected chi connectivity index (χ2v) is 4.91. The summed E-state index contributed by atoms with van der Waals surface area (Å²) in [5.41, 5.74) is 2.85. The summed E-state index contributed by atoms with van der Waals surface area (Å²) >= 11 is 0. The fraction of sp³-hybridized carbons (Fsp3) is 0.118. The number of methoxy groups -OCH3 is 1. The zero-order chi connectivity index (χ0) is 15.0. The van der Waals surface area contributed by atoms with Crippen LogP contribution in [0.2, 0.25) is 0 Å². The average molecular weight is 282 g/mol. The highest BCUT2D eigenvalue weighted by molar-refractivity contribution is 6.16. The Morgan fingerprint density at radius 1 is 1.14 bits per heavy atom. The van der Waals surface area contributed by atoms with Crippen LogP contribution in [0.3, 0.4) is 0 Å². The Balaban J connectivity index is 2.00. The molecular formula is C17H14O4. The van der Waals surface area contributed by atoms with Gasteiger partial charge in [0.15, 0.2) is 17.3 Å². The van der Waals surface area contributed by atoms with Crippen LogP contribution in [0.25, 0.3) is 6.08 Å². The number of ketones is 1. The molecule has 4 nitrogen and oxygen atoms in total. The molecule has 0 atom stereocenters. The van der Waals surface area contributed by atoms with Crippen LogP contribution in [0, 0.1) is 0 Å². The number of phenolic OH excluding ortho intramolecular Hbond substituents is 2. The summed E-state index contributed by atoms with van der Waals surface area (Å²) < 4.78 is 5.29. The van der Waals surface area contributed by atoms with E-state index in [1.54, 1.807) is 31.4 Å². The summed E-state index contributed by atoms with van der Waals surface area (Å²) in [6, 6.07) is 9.89. The fourth-order valence-electron chi connectivity index (χ4n) is 2.54. The lowest BCUT2D eigenvalue weighted by molar-refractivity contribution is 0.104. The van der Waals surface area contributed by atoms with Gasteiger partial charge in [0.2, 0.25) is 0 Å². The van der Waals surface area contributed by atoms with Crippen LogP contribution >= 0.6 is 0 Å². The highest BCUT2D eigenvalue weighted by atomic mass is 16.5. The van der Waals surface area contributed by atoms with E-state index in [2.05, 4.69) is 0 Å². The van der Waals surface area contributed by atoms with E-state index in [4.69, 9.17) is 4.74 Å². The minimum Gasteiger partial charge on any atom is -0.504 e. The Morgan fingerprint density at radius 2 is 1.95 bits per heavy atom. The standard InChI is InChI=1S/C17H14O4/c1-21-16-4-2-3-12-13(16)9-11(17(12)20)7-10-5-6-14(18)15(19)8-10/h2-8,18-19H,9H2,1H3/b11-7+. The average Bonchev–Trinajstić information content (AvgIpc) is 2.80. The third-order valence-corrected chi connectivity index (χ3v) is 3.60. The molecule has 0 amide bonds. The van der Waals surface area contributed by atoms with E-state index in [-0.39, 0.29) is 17.3 Å². The molecule has 3 rings (SSSR count). The van der Waals surface area contributed by atoms with Crippen molar-refractivity contribution in [1.29, 1.82) is 0 Å². The molecule has 0 fully saturated rings. The largest absolute Gasteiger partial charge is 0.504 e. The predicted octanol–water partition coefficient (Wildman–Crippen LogP) is 2.93. The maximum absolute atomic E-state index is 12.4. The van der Waals surface area contributed by atoms with Gasteiger partial charge < -0.3 is 14.9 Å². The van der Waals surface area contributed by atoms with Gasteiger partial charge >= 0.3 is 0 Å². The van der Waals surface area contributed by atoms with Crippen molar-refractivity contribution in [1.82, 2.24) is 0 Å². The van der Waals surface area contributed by atoms with Crippen LogP contribution in [0.4, 0.5) is 0 Å². The van der Waals surface area contributed by atoms with Gasteiger partial charge in [0.05, 0.1) is 7.11 Å². The molecule has 0 bridgehead atoms. The second kappa shape index (κ2) is 4.98. The summed E-state index contributed by atoms with van der Waals surface area (Å²) in [5, 5.41) is 18.8. The number of allylic oxidation sites excluding steroid dienone is 1. The molecule has 0 aliphatic heterocycles. The van der Waals surface area contributed by atoms with Gasteiger partial charge in [-0.2, -0.15) is 0 Å². The molecule has 0 heterocycles. The first kappa shape index (κ1) is 13.2. The third-order valence-electron chi connectivity index (χ3n) is 3.60. The highest BCUT2D eigenvalue weighted by Gasteiger charge is 2.27. The van der Waals surface area contributed by atoms with Crippen LogP contribution in [-0.2, 0) is 6.42 Å². The molecule has 1 aliphatic carbocycles. The number of carbonyl (C=O) groups is 1. The molecule has 0 unspecified atom stereocenters. The van der Waals surface area contributed by atoms with Crippen molar-refractivity contribution >= 4 is 11.9 Å². The van der Waals surface area contributed by atoms with Crippen molar-refractivity contribution in [2.45, 2.75) is 6.42 Å². The zero-order valence-electron chi connectivity index (χ0n) is 11.5. The lowest BCUT2D eigenvalue weighted by atomic mass is 10.1. The van der Waals surface area contributed by atoms with E-state index in [9.17, 15) is 15.0 Å². The summed E-state index contributed by atoms with van der Waals surface area (Å²) in [6.45, 7) is 0. The molecule has 21 heavy (non-hydrogen) atoms. The van der Waals surface area contributed by atoms with Gasteiger partial charge in [-0.1, -0.05) is 18.2 Å². The maximum Gasteiger partial charge on any atom is 0.189 e. The quantitative estimate of drug-likeness (QED) is 0.656. The van der Waals surface area contributed by atoms with E-state index in [0.717, 1.165) is 5.56 Å². The Hall–Kier alpha value is -2.75. The Bertz CT molecular complexity index is 759. The molecular weight excluding hydrogens is 268 g/mol. The number of phenols is 2. The van der Waals surface area contributed by atoms with Crippen LogP contribution in [0.5, 0.6) is 17.2 Å². The number of hydrogen-bond donors (Lipinski definition) is 2. The number of aromatic hydroxyl groups is 2. The van der Waals surface area contributed by atoms with E-state index in [1.165, 1.54) is 12.1 Å². The third kappa shape index (κ3) is 2.25. The van der Waals surface area contributed by atoms with Gasteiger partial charge in [0, 0.05) is 23.1 Å². The second-order valence-electron chi connectivity index (χ2n) is 4.91. The van der Waals surface area contributed by atoms with Crippen LogP contribution < -0.4 is 4.74 Å². The number of ether oxygens (including phenoxy) is 1. The van der Waals surface area contributed by atoms with Crippen molar-refractivity contribution in [3.05, 3.63) is 58.7 Å². The fourth-order valence-corrected chi connectivity index (χ4v) is 2.54. The van der Waals surface area contributed by atoms with Crippen molar-refractivity contribution in [3.8, 4) is 17.2 Å². The minimum atomic E-state index is -0.204. The molecule has 2 aromatic carbocycles. The van der Waals surface area contributed by atoms with Crippen LogP contribution in [-0.4, -0.2) is 23.1 Å². The van der Waals surface area contributed by atoms with Crippen LogP contribution in [0.1, 0.15) is 21.5 Å². The molecule has 0 saturated heterocycles. The SMILES string of the molecule is COc1cccc2c1C/C(=C\c1ccc(O)c(O)c1)C2=O. The number of hydrogen-bond acceptors (Lipinski definition) is 4. The van der Waals surface area contributed by atoms with Crippen molar-refractivity contribution in [2.75, 3.05) is 7.11 Å². The summed E-state index contributed by atoms with van der Waals surface area (Å²) in [5.74, 6) is 0.291. The molecule has 2 N–H and O–H groups in total. The number of fused-ring (bicyclic) bond motifs is 1. The van der Waals surface area contributed by atoms with E-state index in [1.807, 2.05) is 6.07 Å². The van der Waals surface area contributed by atoms with Gasteiger partial charge in [-0.05, 0) is 29.8 Å². The van der Waals surface area contributed by atoms with E-state index >= 15 is 0 Å². The predicted molar refractivity (Wildman–Crippen MR) is 78.8 cm³/mol. The Labute approximate surface area is 121 Å². The normalized spacial score (nSPS) is 15.3. The summed E-state index contributed by atoms with van der Waals surface area (Å²) in [6.07, 6.45) is 2.22. The monoisotopic (exact) mass is 282 g/mol. The van der Waals surface area contributed by atoms with Gasteiger partial charge in [0.25, 0.3) is 0 Å². The lowest BCUT2D eigenvalue weighted by Crippen LogP contribution is -1.95. The van der Waals surface area contributed by atoms with Crippen molar-refractivity contribution < 1.29 is 19.7 Å². The molecule has 0 spiro atoms. The maximum atomic E-state index is 12.4. The first-order valence-electron chi connectivity index (χ1n) is 6.53. The van der Waals surface area contributed by atoms with Crippen molar-refractivity contribution in [3.63, 3.8) is 0 Å². The molecule has 106 valence electrons. The van der Waals surface area contributed by atoms with E-state index < -0.39 is 0 Å². The first-order chi connectivity index (χ1) is 10.1. The molecule has 0 aromatic heterocycles. The minimum absolute atomic E-state index is 0.0311. The Kier molecular flexibility index (Phi) is 3.14. The lowest BCUT2D eigenvalue weighted by Gasteiger charge is -2.04. The topological polar surface area (TPSA) is 66.8 Å². The molecule has 4 heteroatoms. The molecule has 0 saturated carbocycles. The number of benzene rings is 2. The smallest absolute Gasteiger partial charge is 0.189 e. The molecule has 2 aromatic rings.